The lowest BCUT2D eigenvalue weighted by molar-refractivity contribution is -0.138. The second kappa shape index (κ2) is 13.4. The van der Waals surface area contributed by atoms with Crippen molar-refractivity contribution in [3.63, 3.8) is 0 Å². The Morgan fingerprint density at radius 2 is 1.47 bits per heavy atom. The molecule has 1 aliphatic heterocycles. The molecular weight excluding hydrogens is 670 g/mol. The van der Waals surface area contributed by atoms with Crippen molar-refractivity contribution in [2.75, 3.05) is 33.0 Å². The fourth-order valence-electron chi connectivity index (χ4n) is 6.06. The van der Waals surface area contributed by atoms with Crippen LogP contribution in [-0.4, -0.2) is 71.1 Å². The van der Waals surface area contributed by atoms with Gasteiger partial charge in [0.05, 0.1) is 68.3 Å². The number of fused-ring (bicyclic) bond motifs is 6. The molecule has 1 N–H and O–H groups in total. The molecule has 2 aliphatic carbocycles. The fraction of sp³-hybridized carbons (Fsp3) is 0.484. The number of alkyl halides is 6. The summed E-state index contributed by atoms with van der Waals surface area (Å²) in [5.74, 6) is -3.62. The Morgan fingerprint density at radius 1 is 0.878 bits per heavy atom. The highest BCUT2D eigenvalue weighted by Gasteiger charge is 2.47. The monoisotopic (exact) mass is 700 g/mol. The number of rotatable bonds is 6. The summed E-state index contributed by atoms with van der Waals surface area (Å²) in [6.45, 7) is 4.72. The molecule has 0 saturated carbocycles. The number of hydrogen-bond donors (Lipinski definition) is 1. The van der Waals surface area contributed by atoms with Crippen LogP contribution in [0.15, 0.2) is 21.2 Å². The number of aromatic nitrogens is 4. The molecule has 12 nitrogen and oxygen atoms in total. The summed E-state index contributed by atoms with van der Waals surface area (Å²) in [6, 6.07) is 0. The average Bonchev–Trinajstić information content (AvgIpc) is 3.83. The second-order valence-corrected chi connectivity index (χ2v) is 11.2. The van der Waals surface area contributed by atoms with Gasteiger partial charge in [-0.05, 0) is 37.8 Å². The lowest BCUT2D eigenvalue weighted by Crippen LogP contribution is -2.32. The number of nitrogens with one attached hydrogen (secondary N) is 1. The van der Waals surface area contributed by atoms with E-state index in [2.05, 4.69) is 20.0 Å². The first kappa shape index (κ1) is 34.3. The highest BCUT2D eigenvalue weighted by atomic mass is 19.4. The summed E-state index contributed by atoms with van der Waals surface area (Å²) in [7, 11) is 0. The third-order valence-electron chi connectivity index (χ3n) is 8.01. The Morgan fingerprint density at radius 3 is 2.04 bits per heavy atom. The number of esters is 2. The standard InChI is InChI=1S/C18H19F3N2O5.C13H11F3N2O3/c1-2-26-17(24)16-14(18(19,20)21)13-12(28-16)4-3-10-7-23(22-15(10)13)8-11-9-25-5-6-27-11;1-2-20-12(19)11-9(13(14,15)16)8-7(21-11)4-3-6-5-17-18-10(6)8/h7,11H,2-6,8-9H2,1H3;5H,2-4H2,1H3,(H,17,18)/t11-;/m0./s1. The minimum absolute atomic E-state index is 0.0309. The van der Waals surface area contributed by atoms with E-state index < -0.39 is 46.9 Å². The Kier molecular flexibility index (Phi) is 9.36. The molecule has 1 fully saturated rings. The van der Waals surface area contributed by atoms with Crippen molar-refractivity contribution in [1.29, 1.82) is 0 Å². The smallest absolute Gasteiger partial charge is 0.421 e. The number of nitrogens with zero attached hydrogens (tertiary/aromatic N) is 3. The number of hydrogen-bond acceptors (Lipinski definition) is 10. The van der Waals surface area contributed by atoms with Gasteiger partial charge >= 0.3 is 24.3 Å². The van der Waals surface area contributed by atoms with Crippen molar-refractivity contribution < 1.29 is 63.7 Å². The molecule has 4 aromatic heterocycles. The lowest BCUT2D eigenvalue weighted by atomic mass is 9.93. The summed E-state index contributed by atoms with van der Waals surface area (Å²) in [4.78, 5) is 23.8. The Bertz CT molecular complexity index is 1840. The molecule has 0 bridgehead atoms. The third kappa shape index (κ3) is 6.70. The largest absolute Gasteiger partial charge is 0.460 e. The number of carbonyl (C=O) groups excluding carboxylic acids is 2. The molecule has 7 rings (SSSR count). The molecule has 0 spiro atoms. The first-order valence-electron chi connectivity index (χ1n) is 15.4. The summed E-state index contributed by atoms with van der Waals surface area (Å²) >= 11 is 0. The van der Waals surface area contributed by atoms with Crippen molar-refractivity contribution in [1.82, 2.24) is 20.0 Å². The van der Waals surface area contributed by atoms with Gasteiger partial charge in [0.2, 0.25) is 11.5 Å². The summed E-state index contributed by atoms with van der Waals surface area (Å²) in [5.41, 5.74) is -0.742. The molecule has 5 heterocycles. The van der Waals surface area contributed by atoms with E-state index in [0.29, 0.717) is 50.3 Å². The average molecular weight is 701 g/mol. The Labute approximate surface area is 273 Å². The van der Waals surface area contributed by atoms with E-state index in [1.807, 2.05) is 0 Å². The van der Waals surface area contributed by atoms with E-state index in [0.717, 1.165) is 0 Å². The number of carbonyl (C=O) groups is 2. The quantitative estimate of drug-likeness (QED) is 0.193. The third-order valence-corrected chi connectivity index (χ3v) is 8.01. The predicted molar refractivity (Wildman–Crippen MR) is 154 cm³/mol. The molecule has 0 unspecified atom stereocenters. The molecule has 0 amide bonds. The predicted octanol–water partition coefficient (Wildman–Crippen LogP) is 5.82. The zero-order chi connectivity index (χ0) is 35.1. The van der Waals surface area contributed by atoms with Gasteiger partial charge in [0.15, 0.2) is 0 Å². The van der Waals surface area contributed by atoms with Gasteiger partial charge in [-0.25, -0.2) is 9.59 Å². The number of H-pyrrole nitrogens is 1. The molecule has 264 valence electrons. The van der Waals surface area contributed by atoms with Gasteiger partial charge < -0.3 is 27.8 Å². The number of aromatic amines is 1. The Hall–Kier alpha value is -4.58. The molecule has 0 radical (unpaired) electrons. The van der Waals surface area contributed by atoms with Crippen LogP contribution < -0.4 is 0 Å². The zero-order valence-electron chi connectivity index (χ0n) is 26.2. The minimum Gasteiger partial charge on any atom is -0.460 e. The van der Waals surface area contributed by atoms with E-state index in [-0.39, 0.29) is 66.2 Å². The highest BCUT2D eigenvalue weighted by molar-refractivity contribution is 5.93. The van der Waals surface area contributed by atoms with E-state index in [1.54, 1.807) is 10.9 Å². The van der Waals surface area contributed by atoms with Crippen LogP contribution in [0.3, 0.4) is 0 Å². The van der Waals surface area contributed by atoms with Gasteiger partial charge in [-0.15, -0.1) is 0 Å². The molecular formula is C31H30F6N4O8. The fourth-order valence-corrected chi connectivity index (χ4v) is 6.06. The summed E-state index contributed by atoms with van der Waals surface area (Å²) in [6.07, 6.45) is -5.01. The van der Waals surface area contributed by atoms with Gasteiger partial charge in [-0.2, -0.15) is 36.5 Å². The molecule has 0 aromatic carbocycles. The van der Waals surface area contributed by atoms with Crippen LogP contribution in [0, 0.1) is 0 Å². The zero-order valence-corrected chi connectivity index (χ0v) is 26.2. The van der Waals surface area contributed by atoms with Crippen molar-refractivity contribution >= 4 is 11.9 Å². The van der Waals surface area contributed by atoms with Crippen LogP contribution in [0.1, 0.15) is 68.7 Å². The lowest BCUT2D eigenvalue weighted by Gasteiger charge is -2.22. The van der Waals surface area contributed by atoms with E-state index in [1.165, 1.54) is 20.0 Å². The maximum Gasteiger partial charge on any atom is 0.421 e. The van der Waals surface area contributed by atoms with Crippen molar-refractivity contribution in [2.24, 2.45) is 0 Å². The first-order chi connectivity index (χ1) is 23.3. The normalized spacial score (nSPS) is 16.9. The van der Waals surface area contributed by atoms with Gasteiger partial charge in [-0.3, -0.25) is 9.78 Å². The topological polar surface area (TPSA) is 144 Å². The van der Waals surface area contributed by atoms with E-state index in [4.69, 9.17) is 23.0 Å². The van der Waals surface area contributed by atoms with Crippen molar-refractivity contribution in [3.8, 4) is 22.5 Å². The molecule has 49 heavy (non-hydrogen) atoms. The maximum atomic E-state index is 13.8. The second-order valence-electron chi connectivity index (χ2n) is 11.2. The van der Waals surface area contributed by atoms with Gasteiger partial charge in [0.1, 0.15) is 28.8 Å². The maximum absolute atomic E-state index is 13.8. The van der Waals surface area contributed by atoms with Gasteiger partial charge in [0, 0.05) is 19.0 Å². The minimum atomic E-state index is -4.78. The SMILES string of the molecule is CCOC(=O)c1oc2c(c1C(F)(F)F)-c1[nH]ncc1CC2.CCOC(=O)c1oc2c(c1C(F)(F)F)-c1nn(C[C@H]3COCCO3)cc1CC2. The summed E-state index contributed by atoms with van der Waals surface area (Å²) < 4.78 is 114. The van der Waals surface area contributed by atoms with Crippen LogP contribution in [0.4, 0.5) is 26.3 Å². The molecule has 4 aromatic rings. The summed E-state index contributed by atoms with van der Waals surface area (Å²) in [5, 5.41) is 10.7. The number of halogens is 6. The van der Waals surface area contributed by atoms with Crippen LogP contribution in [-0.2, 0) is 63.5 Å². The van der Waals surface area contributed by atoms with Crippen LogP contribution in [0.25, 0.3) is 22.5 Å². The molecule has 1 atom stereocenters. The van der Waals surface area contributed by atoms with Crippen molar-refractivity contribution in [3.05, 3.63) is 57.7 Å². The molecule has 3 aliphatic rings. The number of ether oxygens (including phenoxy) is 4. The number of aryl methyl sites for hydroxylation is 4. The Balaban J connectivity index is 0.000000177. The van der Waals surface area contributed by atoms with Gasteiger partial charge in [0.25, 0.3) is 0 Å². The van der Waals surface area contributed by atoms with Gasteiger partial charge in [-0.1, -0.05) is 0 Å². The van der Waals surface area contributed by atoms with E-state index in [9.17, 15) is 35.9 Å². The van der Waals surface area contributed by atoms with Crippen LogP contribution in [0.5, 0.6) is 0 Å². The number of furan rings is 2. The van der Waals surface area contributed by atoms with Crippen LogP contribution >= 0.6 is 0 Å². The highest BCUT2D eigenvalue weighted by Crippen LogP contribution is 2.47. The first-order valence-corrected chi connectivity index (χ1v) is 15.4. The molecule has 18 heteroatoms. The molecule has 1 saturated heterocycles. The van der Waals surface area contributed by atoms with Crippen molar-refractivity contribution in [2.45, 2.75) is 64.5 Å². The van der Waals surface area contributed by atoms with Crippen LogP contribution in [0.2, 0.25) is 0 Å². The van der Waals surface area contributed by atoms with E-state index >= 15 is 0 Å².